The molecule has 2 N–H and O–H groups in total. The molecular weight excluding hydrogens is 422 g/mol. The zero-order valence-electron chi connectivity index (χ0n) is 17.3. The van der Waals surface area contributed by atoms with Gasteiger partial charge in [0.15, 0.2) is 5.82 Å². The molecular formula is C24H21N5O2S. The first-order chi connectivity index (χ1) is 15.7. The van der Waals surface area contributed by atoms with Gasteiger partial charge in [0.05, 0.1) is 13.2 Å². The lowest BCUT2D eigenvalue weighted by Gasteiger charge is -2.33. The first-order valence-corrected chi connectivity index (χ1v) is 11.0. The van der Waals surface area contributed by atoms with Crippen molar-refractivity contribution in [3.05, 3.63) is 90.5 Å². The van der Waals surface area contributed by atoms with E-state index in [1.807, 2.05) is 83.5 Å². The lowest BCUT2D eigenvalue weighted by molar-refractivity contribution is -0.116. The Balaban J connectivity index is 1.49. The summed E-state index contributed by atoms with van der Waals surface area (Å²) in [5, 5.41) is 11.9. The zero-order chi connectivity index (χ0) is 21.9. The minimum absolute atomic E-state index is 0.125. The van der Waals surface area contributed by atoms with Crippen molar-refractivity contribution in [1.29, 1.82) is 0 Å². The lowest BCUT2D eigenvalue weighted by Crippen LogP contribution is -2.41. The van der Waals surface area contributed by atoms with Crippen LogP contribution in [0.25, 0.3) is 11.4 Å². The molecule has 32 heavy (non-hydrogen) atoms. The van der Waals surface area contributed by atoms with Gasteiger partial charge in [-0.1, -0.05) is 78.5 Å². The first kappa shape index (κ1) is 20.1. The number of fused-ring (bicyclic) bond motifs is 1. The van der Waals surface area contributed by atoms with Crippen molar-refractivity contribution in [2.45, 2.75) is 16.4 Å². The third-order valence-electron chi connectivity index (χ3n) is 5.22. The van der Waals surface area contributed by atoms with Crippen molar-refractivity contribution in [2.24, 2.45) is 0 Å². The molecule has 1 amide bonds. The van der Waals surface area contributed by atoms with E-state index in [9.17, 15) is 4.79 Å². The molecule has 0 radical (unpaired) electrons. The summed E-state index contributed by atoms with van der Waals surface area (Å²) >= 11 is 1.40. The molecule has 1 aromatic heterocycles. The van der Waals surface area contributed by atoms with Crippen LogP contribution in [0.2, 0.25) is 0 Å². The molecule has 0 saturated heterocycles. The molecule has 0 saturated carbocycles. The Morgan fingerprint density at radius 1 is 1.00 bits per heavy atom. The number of hydrogen-bond acceptors (Lipinski definition) is 6. The normalized spacial score (nSPS) is 17.2. The molecule has 8 heteroatoms. The molecule has 1 aliphatic heterocycles. The number of carbonyl (C=O) groups excluding carboxylic acids is 1. The van der Waals surface area contributed by atoms with Crippen molar-refractivity contribution in [1.82, 2.24) is 14.9 Å². The second-order valence-corrected chi connectivity index (χ2v) is 8.39. The van der Waals surface area contributed by atoms with Gasteiger partial charge in [0, 0.05) is 17.3 Å². The van der Waals surface area contributed by atoms with E-state index in [1.54, 1.807) is 13.2 Å². The number of benzene rings is 3. The van der Waals surface area contributed by atoms with Crippen LogP contribution < -0.4 is 15.5 Å². The van der Waals surface area contributed by atoms with Gasteiger partial charge in [-0.3, -0.25) is 4.79 Å². The van der Waals surface area contributed by atoms with Crippen LogP contribution in [0.3, 0.4) is 0 Å². The van der Waals surface area contributed by atoms with Gasteiger partial charge < -0.3 is 15.5 Å². The molecule has 5 rings (SSSR count). The Kier molecular flexibility index (Phi) is 5.51. The Labute approximate surface area is 189 Å². The Hall–Kier alpha value is -3.78. The summed E-state index contributed by atoms with van der Waals surface area (Å²) in [6, 6.07) is 26.9. The van der Waals surface area contributed by atoms with E-state index in [-0.39, 0.29) is 11.9 Å². The smallest absolute Gasteiger partial charge is 0.240 e. The third-order valence-corrected chi connectivity index (χ3v) is 6.44. The van der Waals surface area contributed by atoms with Crippen molar-refractivity contribution in [3.8, 4) is 17.1 Å². The van der Waals surface area contributed by atoms with Crippen LogP contribution >= 0.6 is 11.8 Å². The van der Waals surface area contributed by atoms with E-state index in [1.165, 1.54) is 11.8 Å². The number of methoxy groups -OCH3 is 1. The van der Waals surface area contributed by atoms with E-state index < -0.39 is 5.25 Å². The van der Waals surface area contributed by atoms with Crippen LogP contribution in [0.5, 0.6) is 5.75 Å². The number of hydrogen-bond donors (Lipinski definition) is 2. The van der Waals surface area contributed by atoms with E-state index in [2.05, 4.69) is 20.9 Å². The summed E-state index contributed by atoms with van der Waals surface area (Å²) in [4.78, 5) is 13.4. The van der Waals surface area contributed by atoms with E-state index >= 15 is 0 Å². The molecule has 2 heterocycles. The molecule has 2 atom stereocenters. The van der Waals surface area contributed by atoms with Crippen LogP contribution in [-0.2, 0) is 4.79 Å². The van der Waals surface area contributed by atoms with Crippen LogP contribution in [0, 0.1) is 0 Å². The van der Waals surface area contributed by atoms with Crippen LogP contribution in [0.15, 0.2) is 90.1 Å². The topological polar surface area (TPSA) is 81.1 Å². The fraction of sp³-hybridized carbons (Fsp3) is 0.125. The van der Waals surface area contributed by atoms with Crippen molar-refractivity contribution in [3.63, 3.8) is 0 Å². The van der Waals surface area contributed by atoms with Crippen molar-refractivity contribution < 1.29 is 9.53 Å². The highest BCUT2D eigenvalue weighted by Gasteiger charge is 2.38. The molecule has 7 nitrogen and oxygen atoms in total. The predicted octanol–water partition coefficient (Wildman–Crippen LogP) is 4.35. The summed E-state index contributed by atoms with van der Waals surface area (Å²) in [5.41, 5.74) is 6.12. The first-order valence-electron chi connectivity index (χ1n) is 10.2. The van der Waals surface area contributed by atoms with E-state index in [0.717, 1.165) is 11.1 Å². The van der Waals surface area contributed by atoms with E-state index in [4.69, 9.17) is 4.74 Å². The number of ether oxygens (including phenoxy) is 1. The second kappa shape index (κ2) is 8.76. The minimum Gasteiger partial charge on any atom is -0.497 e. The molecule has 4 aromatic rings. The number of amides is 1. The summed E-state index contributed by atoms with van der Waals surface area (Å²) in [6.07, 6.45) is 0. The van der Waals surface area contributed by atoms with Crippen LogP contribution in [-0.4, -0.2) is 33.1 Å². The summed E-state index contributed by atoms with van der Waals surface area (Å²) in [5.74, 6) is 1.27. The monoisotopic (exact) mass is 443 g/mol. The van der Waals surface area contributed by atoms with Crippen molar-refractivity contribution in [2.75, 3.05) is 17.9 Å². The highest BCUT2D eigenvalue weighted by molar-refractivity contribution is 8.00. The van der Waals surface area contributed by atoms with Crippen molar-refractivity contribution >= 4 is 23.4 Å². The number of anilines is 1. The highest BCUT2D eigenvalue weighted by atomic mass is 32.2. The number of thioether (sulfide) groups is 1. The number of rotatable bonds is 5. The maximum atomic E-state index is 13.4. The minimum atomic E-state index is -0.455. The zero-order valence-corrected chi connectivity index (χ0v) is 18.1. The van der Waals surface area contributed by atoms with E-state index in [0.29, 0.717) is 22.4 Å². The average Bonchev–Trinajstić information content (AvgIpc) is 3.27. The van der Waals surface area contributed by atoms with Gasteiger partial charge in [-0.2, -0.15) is 0 Å². The number of carbonyl (C=O) groups is 1. The fourth-order valence-corrected chi connectivity index (χ4v) is 4.73. The quantitative estimate of drug-likeness (QED) is 0.477. The van der Waals surface area contributed by atoms with Crippen LogP contribution in [0.4, 0.5) is 5.69 Å². The van der Waals surface area contributed by atoms with Gasteiger partial charge in [-0.15, -0.1) is 10.2 Å². The SMILES string of the molecule is COc1cccc(NC(=O)C2Sc3nnc(-c4ccccc4)n3NC2c2ccccc2)c1. The van der Waals surface area contributed by atoms with Crippen LogP contribution in [0.1, 0.15) is 11.6 Å². The van der Waals surface area contributed by atoms with Gasteiger partial charge in [-0.25, -0.2) is 4.68 Å². The molecule has 0 spiro atoms. The Morgan fingerprint density at radius 3 is 2.50 bits per heavy atom. The fourth-order valence-electron chi connectivity index (χ4n) is 3.65. The largest absolute Gasteiger partial charge is 0.497 e. The maximum absolute atomic E-state index is 13.4. The summed E-state index contributed by atoms with van der Waals surface area (Å²) in [6.45, 7) is 0. The molecule has 0 bridgehead atoms. The molecule has 3 aromatic carbocycles. The van der Waals surface area contributed by atoms with Gasteiger partial charge >= 0.3 is 0 Å². The third kappa shape index (κ3) is 3.92. The Morgan fingerprint density at radius 2 is 1.75 bits per heavy atom. The standard InChI is InChI=1S/C24H21N5O2S/c1-31-19-14-8-13-18(15-19)25-23(30)21-20(16-9-4-2-5-10-16)28-29-22(26-27-24(29)32-21)17-11-6-3-7-12-17/h2-15,20-21,28H,1H3,(H,25,30). The maximum Gasteiger partial charge on any atom is 0.240 e. The van der Waals surface area contributed by atoms with Gasteiger partial charge in [-0.05, 0) is 17.7 Å². The highest BCUT2D eigenvalue weighted by Crippen LogP contribution is 2.39. The summed E-state index contributed by atoms with van der Waals surface area (Å²) in [7, 11) is 1.60. The lowest BCUT2D eigenvalue weighted by atomic mass is 10.0. The molecule has 2 unspecified atom stereocenters. The Bertz CT molecular complexity index is 1230. The number of aromatic nitrogens is 3. The molecule has 1 aliphatic rings. The van der Waals surface area contributed by atoms with Gasteiger partial charge in [0.2, 0.25) is 11.1 Å². The second-order valence-electron chi connectivity index (χ2n) is 7.28. The molecule has 160 valence electrons. The number of nitrogens with zero attached hydrogens (tertiary/aromatic N) is 3. The number of nitrogens with one attached hydrogen (secondary N) is 2. The average molecular weight is 444 g/mol. The van der Waals surface area contributed by atoms with Gasteiger partial charge in [0.25, 0.3) is 0 Å². The predicted molar refractivity (Wildman–Crippen MR) is 125 cm³/mol. The van der Waals surface area contributed by atoms with Gasteiger partial charge in [0.1, 0.15) is 11.0 Å². The molecule has 0 fully saturated rings. The molecule has 0 aliphatic carbocycles. The summed E-state index contributed by atoms with van der Waals surface area (Å²) < 4.78 is 7.14.